The van der Waals surface area contributed by atoms with E-state index in [-0.39, 0.29) is 11.8 Å². The quantitative estimate of drug-likeness (QED) is 0.853. The van der Waals surface area contributed by atoms with Crippen molar-refractivity contribution in [3.63, 3.8) is 0 Å². The highest BCUT2D eigenvalue weighted by molar-refractivity contribution is 5.99. The summed E-state index contributed by atoms with van der Waals surface area (Å²) in [6, 6.07) is 11.1. The molecule has 1 aromatic heterocycles. The van der Waals surface area contributed by atoms with Gasteiger partial charge in [-0.15, -0.1) is 10.2 Å². The zero-order chi connectivity index (χ0) is 19.5. The minimum atomic E-state index is -0.441. The first-order valence-electron chi connectivity index (χ1n) is 9.88. The second-order valence-corrected chi connectivity index (χ2v) is 7.67. The molecule has 1 atom stereocenters. The molecule has 4 rings (SSSR count). The SMILES string of the molecule is CC1CCN(c2ccc(-c3ccc(NC(=O)C4CCC(=O)N4)cc3)nn2)CC1. The van der Waals surface area contributed by atoms with E-state index in [4.69, 9.17) is 0 Å². The highest BCUT2D eigenvalue weighted by atomic mass is 16.2. The Hall–Kier alpha value is -2.96. The highest BCUT2D eigenvalue weighted by Crippen LogP contribution is 2.24. The maximum absolute atomic E-state index is 12.2. The van der Waals surface area contributed by atoms with Gasteiger partial charge in [0.05, 0.1) is 5.69 Å². The van der Waals surface area contributed by atoms with Crippen molar-refractivity contribution in [1.82, 2.24) is 15.5 Å². The summed E-state index contributed by atoms with van der Waals surface area (Å²) in [6.07, 6.45) is 3.34. The number of carbonyl (C=O) groups excluding carboxylic acids is 2. The first kappa shape index (κ1) is 18.4. The van der Waals surface area contributed by atoms with E-state index >= 15 is 0 Å². The number of benzene rings is 1. The number of nitrogens with zero attached hydrogens (tertiary/aromatic N) is 3. The minimum absolute atomic E-state index is 0.0726. The number of hydrogen-bond donors (Lipinski definition) is 2. The number of hydrogen-bond acceptors (Lipinski definition) is 5. The predicted octanol–water partition coefficient (Wildman–Crippen LogP) is 2.60. The van der Waals surface area contributed by atoms with Crippen LogP contribution in [0.1, 0.15) is 32.6 Å². The number of nitrogens with one attached hydrogen (secondary N) is 2. The highest BCUT2D eigenvalue weighted by Gasteiger charge is 2.27. The van der Waals surface area contributed by atoms with Gasteiger partial charge in [-0.2, -0.15) is 0 Å². The third-order valence-corrected chi connectivity index (χ3v) is 5.52. The van der Waals surface area contributed by atoms with Gasteiger partial charge in [-0.05, 0) is 49.4 Å². The minimum Gasteiger partial charge on any atom is -0.355 e. The van der Waals surface area contributed by atoms with Gasteiger partial charge in [0.1, 0.15) is 6.04 Å². The van der Waals surface area contributed by atoms with E-state index in [0.29, 0.717) is 18.5 Å². The number of carbonyl (C=O) groups is 2. The zero-order valence-corrected chi connectivity index (χ0v) is 16.0. The molecule has 0 radical (unpaired) electrons. The molecule has 2 aliphatic rings. The molecule has 3 heterocycles. The largest absolute Gasteiger partial charge is 0.355 e. The molecule has 7 nitrogen and oxygen atoms in total. The lowest BCUT2D eigenvalue weighted by atomic mass is 9.99. The van der Waals surface area contributed by atoms with E-state index in [1.165, 1.54) is 12.8 Å². The lowest BCUT2D eigenvalue weighted by Crippen LogP contribution is -2.37. The number of anilines is 2. The number of amides is 2. The fourth-order valence-corrected chi connectivity index (χ4v) is 3.65. The van der Waals surface area contributed by atoms with Gasteiger partial charge < -0.3 is 15.5 Å². The van der Waals surface area contributed by atoms with Crippen molar-refractivity contribution < 1.29 is 9.59 Å². The topological polar surface area (TPSA) is 87.2 Å². The normalized spacial score (nSPS) is 20.1. The summed E-state index contributed by atoms with van der Waals surface area (Å²) in [5.41, 5.74) is 2.44. The molecule has 28 heavy (non-hydrogen) atoms. The Morgan fingerprint density at radius 2 is 1.82 bits per heavy atom. The third kappa shape index (κ3) is 4.13. The van der Waals surface area contributed by atoms with Gasteiger partial charge >= 0.3 is 0 Å². The summed E-state index contributed by atoms with van der Waals surface area (Å²) in [4.78, 5) is 25.7. The molecular weight excluding hydrogens is 354 g/mol. The molecule has 7 heteroatoms. The van der Waals surface area contributed by atoms with Crippen LogP contribution in [0, 0.1) is 5.92 Å². The Bertz CT molecular complexity index is 842. The molecule has 0 bridgehead atoms. The Morgan fingerprint density at radius 1 is 1.07 bits per heavy atom. The Balaban J connectivity index is 1.38. The van der Waals surface area contributed by atoms with Crippen LogP contribution in [0.5, 0.6) is 0 Å². The molecule has 2 saturated heterocycles. The smallest absolute Gasteiger partial charge is 0.246 e. The molecule has 2 fully saturated rings. The van der Waals surface area contributed by atoms with Gasteiger partial charge in [-0.3, -0.25) is 9.59 Å². The Labute approximate surface area is 164 Å². The van der Waals surface area contributed by atoms with Crippen LogP contribution in [0.2, 0.25) is 0 Å². The summed E-state index contributed by atoms with van der Waals surface area (Å²) in [6.45, 7) is 4.36. The molecule has 0 saturated carbocycles. The summed E-state index contributed by atoms with van der Waals surface area (Å²) < 4.78 is 0. The summed E-state index contributed by atoms with van der Waals surface area (Å²) in [5.74, 6) is 1.46. The standard InChI is InChI=1S/C21H25N5O2/c1-14-10-12-26(13-11-14)19-8-6-17(24-25-19)15-2-4-16(5-3-15)22-21(28)18-7-9-20(27)23-18/h2-6,8,14,18H,7,9-13H2,1H3,(H,22,28)(H,23,27). The fraction of sp³-hybridized carbons (Fsp3) is 0.429. The lowest BCUT2D eigenvalue weighted by molar-refractivity contribution is -0.122. The van der Waals surface area contributed by atoms with Crippen LogP contribution in [0.3, 0.4) is 0 Å². The molecule has 2 N–H and O–H groups in total. The maximum Gasteiger partial charge on any atom is 0.246 e. The Morgan fingerprint density at radius 3 is 2.43 bits per heavy atom. The van der Waals surface area contributed by atoms with Gasteiger partial charge in [0.15, 0.2) is 5.82 Å². The summed E-state index contributed by atoms with van der Waals surface area (Å²) in [5, 5.41) is 14.3. The fourth-order valence-electron chi connectivity index (χ4n) is 3.65. The van der Waals surface area contributed by atoms with E-state index in [0.717, 1.165) is 36.1 Å². The van der Waals surface area contributed by atoms with Gasteiger partial charge in [-0.25, -0.2) is 0 Å². The molecule has 0 spiro atoms. The summed E-state index contributed by atoms with van der Waals surface area (Å²) in [7, 11) is 0. The Kier molecular flexibility index (Phi) is 5.23. The molecule has 2 aromatic rings. The van der Waals surface area contributed by atoms with E-state index < -0.39 is 6.04 Å². The summed E-state index contributed by atoms with van der Waals surface area (Å²) >= 11 is 0. The van der Waals surface area contributed by atoms with Crippen molar-refractivity contribution in [1.29, 1.82) is 0 Å². The first-order chi connectivity index (χ1) is 13.6. The van der Waals surface area contributed by atoms with Crippen molar-refractivity contribution in [2.75, 3.05) is 23.3 Å². The maximum atomic E-state index is 12.2. The van der Waals surface area contributed by atoms with Crippen molar-refractivity contribution in [3.8, 4) is 11.3 Å². The van der Waals surface area contributed by atoms with Gasteiger partial charge in [0.25, 0.3) is 0 Å². The van der Waals surface area contributed by atoms with Crippen LogP contribution in [-0.2, 0) is 9.59 Å². The van der Waals surface area contributed by atoms with Crippen LogP contribution in [0.4, 0.5) is 11.5 Å². The lowest BCUT2D eigenvalue weighted by Gasteiger charge is -2.30. The van der Waals surface area contributed by atoms with Crippen LogP contribution >= 0.6 is 0 Å². The molecule has 146 valence electrons. The molecule has 0 aliphatic carbocycles. The van der Waals surface area contributed by atoms with Crippen LogP contribution < -0.4 is 15.5 Å². The zero-order valence-electron chi connectivity index (χ0n) is 16.0. The second-order valence-electron chi connectivity index (χ2n) is 7.67. The molecule has 1 unspecified atom stereocenters. The van der Waals surface area contributed by atoms with Crippen molar-refractivity contribution in [2.45, 2.75) is 38.6 Å². The van der Waals surface area contributed by atoms with Crippen molar-refractivity contribution >= 4 is 23.3 Å². The van der Waals surface area contributed by atoms with Crippen LogP contribution in [0.15, 0.2) is 36.4 Å². The van der Waals surface area contributed by atoms with Crippen LogP contribution in [0.25, 0.3) is 11.3 Å². The second kappa shape index (κ2) is 7.96. The van der Waals surface area contributed by atoms with E-state index in [1.54, 1.807) is 0 Å². The molecule has 2 aliphatic heterocycles. The van der Waals surface area contributed by atoms with Gasteiger partial charge in [0, 0.05) is 30.8 Å². The molecular formula is C21H25N5O2. The van der Waals surface area contributed by atoms with Crippen LogP contribution in [-0.4, -0.2) is 41.1 Å². The van der Waals surface area contributed by atoms with Gasteiger partial charge in [-0.1, -0.05) is 19.1 Å². The predicted molar refractivity (Wildman–Crippen MR) is 108 cm³/mol. The van der Waals surface area contributed by atoms with Crippen molar-refractivity contribution in [3.05, 3.63) is 36.4 Å². The monoisotopic (exact) mass is 379 g/mol. The average molecular weight is 379 g/mol. The van der Waals surface area contributed by atoms with Gasteiger partial charge in [0.2, 0.25) is 11.8 Å². The molecule has 1 aromatic carbocycles. The van der Waals surface area contributed by atoms with E-state index in [1.807, 2.05) is 36.4 Å². The van der Waals surface area contributed by atoms with Crippen molar-refractivity contribution in [2.24, 2.45) is 5.92 Å². The van der Waals surface area contributed by atoms with E-state index in [2.05, 4.69) is 32.7 Å². The average Bonchev–Trinajstić information content (AvgIpc) is 3.16. The first-order valence-corrected chi connectivity index (χ1v) is 9.88. The number of rotatable bonds is 4. The number of aromatic nitrogens is 2. The third-order valence-electron chi connectivity index (χ3n) is 5.52. The van der Waals surface area contributed by atoms with E-state index in [9.17, 15) is 9.59 Å². The number of piperidine rings is 1. The molecule has 2 amide bonds.